The molecule has 0 saturated carbocycles. The number of hydrogen-bond acceptors (Lipinski definition) is 8. The van der Waals surface area contributed by atoms with Crippen molar-refractivity contribution in [1.82, 2.24) is 25.8 Å². The van der Waals surface area contributed by atoms with E-state index in [0.717, 1.165) is 11.1 Å². The zero-order valence-electron chi connectivity index (χ0n) is 29.6. The summed E-state index contributed by atoms with van der Waals surface area (Å²) in [5.41, 5.74) is 13.7. The van der Waals surface area contributed by atoms with Crippen LogP contribution in [0.25, 0.3) is 0 Å². The molecule has 13 nitrogen and oxygen atoms in total. The molecular formula is C37H55N7O6. The first kappa shape index (κ1) is 39.9. The maximum absolute atomic E-state index is 13.9. The van der Waals surface area contributed by atoms with Crippen LogP contribution in [0.1, 0.15) is 57.6 Å². The number of hydrogen-bond donors (Lipinski definition) is 5. The van der Waals surface area contributed by atoms with Gasteiger partial charge < -0.3 is 42.0 Å². The number of ether oxygens (including phenoxy) is 1. The van der Waals surface area contributed by atoms with Gasteiger partial charge in [0.15, 0.2) is 0 Å². The average Bonchev–Trinajstić information content (AvgIpc) is 3.11. The second-order valence-corrected chi connectivity index (χ2v) is 13.1. The Morgan fingerprint density at radius 1 is 0.720 bits per heavy atom. The Balaban J connectivity index is 1.75. The van der Waals surface area contributed by atoms with Crippen molar-refractivity contribution in [2.24, 2.45) is 17.4 Å². The van der Waals surface area contributed by atoms with Gasteiger partial charge in [-0.2, -0.15) is 0 Å². The zero-order valence-corrected chi connectivity index (χ0v) is 29.6. The second kappa shape index (κ2) is 20.9. The third-order valence-electron chi connectivity index (χ3n) is 8.57. The topological polar surface area (TPSA) is 189 Å². The van der Waals surface area contributed by atoms with Crippen LogP contribution in [0.3, 0.4) is 0 Å². The quantitative estimate of drug-likeness (QED) is 0.146. The number of benzene rings is 2. The molecule has 1 heterocycles. The molecule has 1 fully saturated rings. The maximum Gasteiger partial charge on any atom is 0.409 e. The van der Waals surface area contributed by atoms with Gasteiger partial charge in [-0.3, -0.25) is 19.2 Å². The van der Waals surface area contributed by atoms with Crippen LogP contribution < -0.4 is 27.4 Å². The smallest absolute Gasteiger partial charge is 0.409 e. The predicted molar refractivity (Wildman–Crippen MR) is 192 cm³/mol. The molecule has 0 unspecified atom stereocenters. The number of rotatable bonds is 18. The van der Waals surface area contributed by atoms with Crippen LogP contribution in [0.4, 0.5) is 4.79 Å². The number of piperazine rings is 1. The van der Waals surface area contributed by atoms with Crippen molar-refractivity contribution in [3.05, 3.63) is 71.8 Å². The van der Waals surface area contributed by atoms with Gasteiger partial charge in [-0.15, -0.1) is 0 Å². The number of carbonyl (C=O) groups excluding carboxylic acids is 5. The lowest BCUT2D eigenvalue weighted by Gasteiger charge is -2.36. The van der Waals surface area contributed by atoms with Gasteiger partial charge in [-0.25, -0.2) is 4.79 Å². The van der Waals surface area contributed by atoms with Crippen molar-refractivity contribution < 1.29 is 28.7 Å². The lowest BCUT2D eigenvalue weighted by Crippen LogP contribution is -2.60. The molecule has 274 valence electrons. The summed E-state index contributed by atoms with van der Waals surface area (Å²) in [4.78, 5) is 70.1. The molecule has 1 aliphatic rings. The van der Waals surface area contributed by atoms with Crippen molar-refractivity contribution in [1.29, 1.82) is 0 Å². The van der Waals surface area contributed by atoms with Gasteiger partial charge >= 0.3 is 6.09 Å². The summed E-state index contributed by atoms with van der Waals surface area (Å²) in [5.74, 6) is -1.74. The van der Waals surface area contributed by atoms with Crippen molar-refractivity contribution in [2.75, 3.05) is 39.3 Å². The summed E-state index contributed by atoms with van der Waals surface area (Å²) >= 11 is 0. The molecule has 0 aliphatic carbocycles. The number of nitrogens with two attached hydrogens (primary N) is 2. The van der Waals surface area contributed by atoms with Crippen LogP contribution in [0, 0.1) is 5.92 Å². The third kappa shape index (κ3) is 13.1. The van der Waals surface area contributed by atoms with E-state index in [9.17, 15) is 24.0 Å². The highest BCUT2D eigenvalue weighted by Crippen LogP contribution is 2.13. The molecule has 0 aromatic heterocycles. The highest BCUT2D eigenvalue weighted by atomic mass is 16.6. The molecule has 0 radical (unpaired) electrons. The number of carbonyl (C=O) groups is 5. The normalized spacial score (nSPS) is 15.4. The van der Waals surface area contributed by atoms with Crippen LogP contribution in [-0.2, 0) is 36.8 Å². The van der Waals surface area contributed by atoms with E-state index in [0.29, 0.717) is 64.8 Å². The lowest BCUT2D eigenvalue weighted by molar-refractivity contribution is -0.139. The molecule has 1 saturated heterocycles. The minimum atomic E-state index is -1.01. The molecule has 2 aromatic carbocycles. The van der Waals surface area contributed by atoms with Gasteiger partial charge in [0.05, 0.1) is 12.6 Å². The number of unbranched alkanes of at least 4 members (excludes halogenated alkanes) is 1. The van der Waals surface area contributed by atoms with Crippen LogP contribution in [0.2, 0.25) is 0 Å². The number of nitrogens with one attached hydrogen (secondary N) is 3. The van der Waals surface area contributed by atoms with Gasteiger partial charge in [0.25, 0.3) is 0 Å². The molecular weight excluding hydrogens is 638 g/mol. The average molecular weight is 694 g/mol. The van der Waals surface area contributed by atoms with E-state index < -0.39 is 48.0 Å². The van der Waals surface area contributed by atoms with E-state index in [1.165, 1.54) is 0 Å². The Kier molecular flexibility index (Phi) is 16.7. The fourth-order valence-corrected chi connectivity index (χ4v) is 5.84. The first-order valence-electron chi connectivity index (χ1n) is 17.7. The van der Waals surface area contributed by atoms with Crippen molar-refractivity contribution in [2.45, 2.75) is 83.5 Å². The van der Waals surface area contributed by atoms with E-state index in [1.54, 1.807) is 16.7 Å². The van der Waals surface area contributed by atoms with Gasteiger partial charge in [-0.1, -0.05) is 74.5 Å². The summed E-state index contributed by atoms with van der Waals surface area (Å²) in [6.45, 7) is 7.58. The molecule has 50 heavy (non-hydrogen) atoms. The summed E-state index contributed by atoms with van der Waals surface area (Å²) in [5, 5.41) is 8.61. The van der Waals surface area contributed by atoms with Gasteiger partial charge in [-0.05, 0) is 62.6 Å². The Labute approximate surface area is 295 Å². The second-order valence-electron chi connectivity index (χ2n) is 13.1. The van der Waals surface area contributed by atoms with Crippen LogP contribution in [0.5, 0.6) is 0 Å². The molecule has 5 amide bonds. The van der Waals surface area contributed by atoms with Gasteiger partial charge in [0.1, 0.15) is 18.1 Å². The van der Waals surface area contributed by atoms with E-state index in [-0.39, 0.29) is 24.9 Å². The first-order chi connectivity index (χ1) is 24.0. The third-order valence-corrected chi connectivity index (χ3v) is 8.57. The minimum absolute atomic E-state index is 0.0230. The molecule has 7 N–H and O–H groups in total. The predicted octanol–water partition coefficient (Wildman–Crippen LogP) is 1.73. The molecule has 0 spiro atoms. The molecule has 13 heteroatoms. The Hall–Kier alpha value is -4.49. The van der Waals surface area contributed by atoms with E-state index in [2.05, 4.69) is 16.0 Å². The Morgan fingerprint density at radius 3 is 1.80 bits per heavy atom. The number of amides is 5. The van der Waals surface area contributed by atoms with Crippen LogP contribution in [-0.4, -0.2) is 103 Å². The van der Waals surface area contributed by atoms with E-state index in [1.807, 2.05) is 74.5 Å². The lowest BCUT2D eigenvalue weighted by atomic mass is 9.99. The SMILES string of the molecule is CCOC(=O)N1CCN(C(=O)[C@@H](CCCCN)NC(=O)[C@@H](CC(C)C)NC(=O)[C@@H](Cc2ccccc2)NC(=O)[C@H](N)Cc2ccccc2)CC1. The fraction of sp³-hybridized carbons (Fsp3) is 0.541. The zero-order chi connectivity index (χ0) is 36.5. The van der Waals surface area contributed by atoms with Crippen molar-refractivity contribution in [3.8, 4) is 0 Å². The first-order valence-corrected chi connectivity index (χ1v) is 17.7. The Bertz CT molecular complexity index is 1370. The molecule has 2 aromatic rings. The van der Waals surface area contributed by atoms with Gasteiger partial charge in [0, 0.05) is 32.6 Å². The molecule has 4 atom stereocenters. The summed E-state index contributed by atoms with van der Waals surface area (Å²) < 4.78 is 5.09. The maximum atomic E-state index is 13.9. The largest absolute Gasteiger partial charge is 0.450 e. The van der Waals surface area contributed by atoms with Crippen molar-refractivity contribution in [3.63, 3.8) is 0 Å². The highest BCUT2D eigenvalue weighted by Gasteiger charge is 2.34. The summed E-state index contributed by atoms with van der Waals surface area (Å²) in [7, 11) is 0. The van der Waals surface area contributed by atoms with Gasteiger partial charge in [0.2, 0.25) is 23.6 Å². The molecule has 3 rings (SSSR count). The summed E-state index contributed by atoms with van der Waals surface area (Å²) in [6.07, 6.45) is 2.03. The summed E-state index contributed by atoms with van der Waals surface area (Å²) in [6, 6.07) is 15.0. The Morgan fingerprint density at radius 2 is 1.24 bits per heavy atom. The fourth-order valence-electron chi connectivity index (χ4n) is 5.84. The monoisotopic (exact) mass is 693 g/mol. The number of nitrogens with zero attached hydrogens (tertiary/aromatic N) is 2. The standard InChI is InChI=1S/C37H55N7O6/c1-4-50-37(49)44-21-19-43(20-22-44)36(48)30(17-11-12-18-38)40-34(46)31(23-26(2)3)42-35(47)32(25-28-15-9-6-10-16-28)41-33(45)29(39)24-27-13-7-5-8-14-27/h5-10,13-16,26,29-32H,4,11-12,17-25,38-39H2,1-3H3,(H,40,46)(H,41,45)(H,42,47)/t29-,30-,31-,32-/m1/s1. The molecule has 0 bridgehead atoms. The molecule has 1 aliphatic heterocycles. The van der Waals surface area contributed by atoms with Crippen LogP contribution >= 0.6 is 0 Å². The van der Waals surface area contributed by atoms with E-state index >= 15 is 0 Å². The highest BCUT2D eigenvalue weighted by molar-refractivity contribution is 5.95. The van der Waals surface area contributed by atoms with Crippen LogP contribution in [0.15, 0.2) is 60.7 Å². The minimum Gasteiger partial charge on any atom is -0.450 e. The van der Waals surface area contributed by atoms with Crippen molar-refractivity contribution >= 4 is 29.7 Å². The van der Waals surface area contributed by atoms with E-state index in [4.69, 9.17) is 16.2 Å².